The molecule has 2 atom stereocenters. The maximum Gasteiger partial charge on any atom is 0.261 e. The standard InChI is InChI=1S/C19H22F2N2O2/c1-3-4-9-22-10-13(2)19(20,21)14(11-22)12-23-17(24)15-7-5-6-8-16(15)18(23)25/h4-9,13-14H,3,10-12H2,1-2H3/b9-4-. The van der Waals surface area contributed by atoms with Crippen molar-refractivity contribution in [2.24, 2.45) is 11.8 Å². The minimum atomic E-state index is -2.92. The van der Waals surface area contributed by atoms with Crippen molar-refractivity contribution in [1.29, 1.82) is 0 Å². The maximum absolute atomic E-state index is 14.7. The van der Waals surface area contributed by atoms with Crippen molar-refractivity contribution in [1.82, 2.24) is 9.80 Å². The van der Waals surface area contributed by atoms with Gasteiger partial charge in [-0.25, -0.2) is 8.78 Å². The van der Waals surface area contributed by atoms with Crippen molar-refractivity contribution >= 4 is 11.8 Å². The summed E-state index contributed by atoms with van der Waals surface area (Å²) in [4.78, 5) is 27.7. The molecule has 2 aliphatic rings. The Bertz CT molecular complexity index is 682. The molecule has 0 N–H and O–H groups in total. The van der Waals surface area contributed by atoms with Crippen LogP contribution in [0.5, 0.6) is 0 Å². The van der Waals surface area contributed by atoms with Crippen LogP contribution in [0.2, 0.25) is 0 Å². The highest BCUT2D eigenvalue weighted by atomic mass is 19.3. The first-order chi connectivity index (χ1) is 11.9. The highest BCUT2D eigenvalue weighted by Crippen LogP contribution is 2.39. The van der Waals surface area contributed by atoms with Gasteiger partial charge in [-0.2, -0.15) is 0 Å². The van der Waals surface area contributed by atoms with Gasteiger partial charge in [0, 0.05) is 25.6 Å². The average molecular weight is 348 g/mol. The Kier molecular flexibility index (Phi) is 4.62. The zero-order chi connectivity index (χ0) is 18.2. The molecule has 0 aliphatic carbocycles. The van der Waals surface area contributed by atoms with Crippen molar-refractivity contribution < 1.29 is 18.4 Å². The van der Waals surface area contributed by atoms with Gasteiger partial charge in [-0.15, -0.1) is 0 Å². The highest BCUT2D eigenvalue weighted by Gasteiger charge is 2.51. The monoisotopic (exact) mass is 348 g/mol. The summed E-state index contributed by atoms with van der Waals surface area (Å²) >= 11 is 0. The fourth-order valence-electron chi connectivity index (χ4n) is 3.54. The summed E-state index contributed by atoms with van der Waals surface area (Å²) in [6.45, 7) is 3.62. The maximum atomic E-state index is 14.7. The van der Waals surface area contributed by atoms with Crippen molar-refractivity contribution in [3.8, 4) is 0 Å². The number of allylic oxidation sites excluding steroid dienone is 1. The Hall–Kier alpha value is -2.24. The van der Waals surface area contributed by atoms with E-state index < -0.39 is 29.6 Å². The number of hydrogen-bond acceptors (Lipinski definition) is 3. The van der Waals surface area contributed by atoms with Gasteiger partial charge in [0.15, 0.2) is 0 Å². The quantitative estimate of drug-likeness (QED) is 0.783. The number of piperidine rings is 1. The number of imide groups is 1. The molecule has 2 heterocycles. The van der Waals surface area contributed by atoms with E-state index in [1.54, 1.807) is 24.3 Å². The summed E-state index contributed by atoms with van der Waals surface area (Å²) in [7, 11) is 0. The summed E-state index contributed by atoms with van der Waals surface area (Å²) < 4.78 is 29.4. The van der Waals surface area contributed by atoms with Crippen LogP contribution >= 0.6 is 0 Å². The lowest BCUT2D eigenvalue weighted by molar-refractivity contribution is -0.140. The van der Waals surface area contributed by atoms with Gasteiger partial charge in [0.05, 0.1) is 17.0 Å². The van der Waals surface area contributed by atoms with Crippen LogP contribution in [0.25, 0.3) is 0 Å². The van der Waals surface area contributed by atoms with Crippen molar-refractivity contribution in [2.45, 2.75) is 26.2 Å². The third kappa shape index (κ3) is 3.05. The van der Waals surface area contributed by atoms with E-state index in [-0.39, 0.29) is 19.6 Å². The van der Waals surface area contributed by atoms with Gasteiger partial charge >= 0.3 is 0 Å². The zero-order valence-corrected chi connectivity index (χ0v) is 14.4. The molecule has 0 saturated carbocycles. The summed E-state index contributed by atoms with van der Waals surface area (Å²) in [5.74, 6) is -5.82. The van der Waals surface area contributed by atoms with Crippen LogP contribution in [0.3, 0.4) is 0 Å². The second kappa shape index (κ2) is 6.58. The van der Waals surface area contributed by atoms with Gasteiger partial charge in [0.25, 0.3) is 17.7 Å². The molecule has 0 bridgehead atoms. The van der Waals surface area contributed by atoms with Crippen LogP contribution in [0.4, 0.5) is 8.78 Å². The molecule has 0 spiro atoms. The van der Waals surface area contributed by atoms with E-state index in [4.69, 9.17) is 0 Å². The van der Waals surface area contributed by atoms with Crippen LogP contribution in [0.15, 0.2) is 36.5 Å². The van der Waals surface area contributed by atoms with Crippen LogP contribution in [-0.2, 0) is 0 Å². The van der Waals surface area contributed by atoms with Gasteiger partial charge in [-0.1, -0.05) is 32.1 Å². The van der Waals surface area contributed by atoms with Crippen molar-refractivity contribution in [3.05, 3.63) is 47.7 Å². The Balaban J connectivity index is 1.82. The number of likely N-dealkylation sites (tertiary alicyclic amines) is 1. The van der Waals surface area contributed by atoms with Gasteiger partial charge in [-0.3, -0.25) is 14.5 Å². The van der Waals surface area contributed by atoms with E-state index >= 15 is 0 Å². The Labute approximate surface area is 146 Å². The topological polar surface area (TPSA) is 40.6 Å². The second-order valence-electron chi connectivity index (χ2n) is 6.79. The molecule has 3 rings (SSSR count). The first kappa shape index (κ1) is 17.6. The van der Waals surface area contributed by atoms with Gasteiger partial charge in [0.1, 0.15) is 0 Å². The number of carbonyl (C=O) groups is 2. The van der Waals surface area contributed by atoms with E-state index in [0.717, 1.165) is 11.3 Å². The van der Waals surface area contributed by atoms with Crippen molar-refractivity contribution in [2.75, 3.05) is 19.6 Å². The number of rotatable bonds is 4. The Morgan fingerprint density at radius 3 is 2.32 bits per heavy atom. The van der Waals surface area contributed by atoms with Gasteiger partial charge < -0.3 is 4.90 Å². The molecule has 6 heteroatoms. The predicted molar refractivity (Wildman–Crippen MR) is 90.4 cm³/mol. The number of halogens is 2. The molecule has 1 aromatic carbocycles. The molecular formula is C19H22F2N2O2. The molecule has 0 aromatic heterocycles. The molecular weight excluding hydrogens is 326 g/mol. The molecule has 4 nitrogen and oxygen atoms in total. The van der Waals surface area contributed by atoms with E-state index in [2.05, 4.69) is 0 Å². The molecule has 1 aromatic rings. The van der Waals surface area contributed by atoms with E-state index in [0.29, 0.717) is 11.1 Å². The first-order valence-corrected chi connectivity index (χ1v) is 8.60. The van der Waals surface area contributed by atoms with Crippen LogP contribution < -0.4 is 0 Å². The second-order valence-corrected chi connectivity index (χ2v) is 6.79. The highest BCUT2D eigenvalue weighted by molar-refractivity contribution is 6.21. The van der Waals surface area contributed by atoms with E-state index in [1.807, 2.05) is 24.1 Å². The molecule has 1 saturated heterocycles. The summed E-state index contributed by atoms with van der Waals surface area (Å²) in [5, 5.41) is 0. The number of carbonyl (C=O) groups excluding carboxylic acids is 2. The third-order valence-corrected chi connectivity index (χ3v) is 5.00. The van der Waals surface area contributed by atoms with E-state index in [1.165, 1.54) is 6.92 Å². The smallest absolute Gasteiger partial charge is 0.261 e. The summed E-state index contributed by atoms with van der Waals surface area (Å²) in [5.41, 5.74) is 0.588. The molecule has 2 aliphatic heterocycles. The lowest BCUT2D eigenvalue weighted by Crippen LogP contribution is -2.55. The molecule has 2 amide bonds. The molecule has 25 heavy (non-hydrogen) atoms. The number of nitrogens with zero attached hydrogens (tertiary/aromatic N) is 2. The van der Waals surface area contributed by atoms with Crippen LogP contribution in [-0.4, -0.2) is 47.2 Å². The Morgan fingerprint density at radius 2 is 1.76 bits per heavy atom. The minimum absolute atomic E-state index is 0.126. The zero-order valence-electron chi connectivity index (χ0n) is 14.4. The lowest BCUT2D eigenvalue weighted by Gasteiger charge is -2.43. The predicted octanol–water partition coefficient (Wildman–Crippen LogP) is 3.41. The number of alkyl halides is 2. The molecule has 1 fully saturated rings. The largest absolute Gasteiger partial charge is 0.377 e. The van der Waals surface area contributed by atoms with E-state index in [9.17, 15) is 18.4 Å². The number of hydrogen-bond donors (Lipinski definition) is 0. The summed E-state index contributed by atoms with van der Waals surface area (Å²) in [6.07, 6.45) is 4.58. The molecule has 2 unspecified atom stereocenters. The normalized spacial score (nSPS) is 25.8. The minimum Gasteiger partial charge on any atom is -0.377 e. The fraction of sp³-hybridized carbons (Fsp3) is 0.474. The lowest BCUT2D eigenvalue weighted by atomic mass is 9.85. The van der Waals surface area contributed by atoms with Crippen molar-refractivity contribution in [3.63, 3.8) is 0 Å². The van der Waals surface area contributed by atoms with Gasteiger partial charge in [-0.05, 0) is 24.8 Å². The number of fused-ring (bicyclic) bond motifs is 1. The van der Waals surface area contributed by atoms with Gasteiger partial charge in [0.2, 0.25) is 0 Å². The SMILES string of the molecule is CC/C=C\N1CC(C)C(F)(F)C(CN2C(=O)c3ccccc3C2=O)C1. The third-order valence-electron chi connectivity index (χ3n) is 5.00. The van der Waals surface area contributed by atoms with Crippen LogP contribution in [0.1, 0.15) is 41.0 Å². The summed E-state index contributed by atoms with van der Waals surface area (Å²) in [6, 6.07) is 6.46. The molecule has 0 radical (unpaired) electrons. The first-order valence-electron chi connectivity index (χ1n) is 8.60. The number of benzene rings is 1. The average Bonchev–Trinajstić information content (AvgIpc) is 2.83. The Morgan fingerprint density at radius 1 is 1.16 bits per heavy atom. The van der Waals surface area contributed by atoms with Crippen LogP contribution in [0, 0.1) is 11.8 Å². The molecule has 134 valence electrons. The fourth-order valence-corrected chi connectivity index (χ4v) is 3.54. The number of amides is 2.